The van der Waals surface area contributed by atoms with Crippen LogP contribution in [0.2, 0.25) is 0 Å². The van der Waals surface area contributed by atoms with Gasteiger partial charge >= 0.3 is 0 Å². The molecule has 30 heavy (non-hydrogen) atoms. The van der Waals surface area contributed by atoms with Crippen molar-refractivity contribution in [2.45, 2.75) is 13.3 Å². The summed E-state index contributed by atoms with van der Waals surface area (Å²) in [5, 5.41) is 13.5. The Labute approximate surface area is 172 Å². The molecular formula is C21H21N5O4. The van der Waals surface area contributed by atoms with Gasteiger partial charge in [0.1, 0.15) is 5.75 Å². The monoisotopic (exact) mass is 407 g/mol. The van der Waals surface area contributed by atoms with Crippen molar-refractivity contribution in [1.29, 1.82) is 0 Å². The lowest BCUT2D eigenvalue weighted by Crippen LogP contribution is -2.28. The smallest absolute Gasteiger partial charge is 0.229 e. The molecule has 0 aliphatic carbocycles. The summed E-state index contributed by atoms with van der Waals surface area (Å²) >= 11 is 0. The number of anilines is 3. The summed E-state index contributed by atoms with van der Waals surface area (Å²) < 4.78 is 5.30. The molecule has 1 aliphatic rings. The predicted molar refractivity (Wildman–Crippen MR) is 112 cm³/mol. The molecule has 3 aromatic rings. The summed E-state index contributed by atoms with van der Waals surface area (Å²) in [4.78, 5) is 38.3. The van der Waals surface area contributed by atoms with E-state index in [-0.39, 0.29) is 30.7 Å². The fourth-order valence-corrected chi connectivity index (χ4v) is 3.56. The van der Waals surface area contributed by atoms with Gasteiger partial charge in [-0.2, -0.15) is 5.10 Å². The van der Waals surface area contributed by atoms with E-state index in [2.05, 4.69) is 20.8 Å². The van der Waals surface area contributed by atoms with E-state index >= 15 is 0 Å². The number of fused-ring (bicyclic) bond motifs is 1. The van der Waals surface area contributed by atoms with Crippen LogP contribution in [-0.4, -0.2) is 41.6 Å². The number of rotatable bonds is 5. The Morgan fingerprint density at radius 2 is 2.00 bits per heavy atom. The number of aromatic nitrogens is 2. The summed E-state index contributed by atoms with van der Waals surface area (Å²) in [7, 11) is 1.49. The van der Waals surface area contributed by atoms with Crippen LogP contribution in [0.15, 0.2) is 42.5 Å². The number of nitrogens with one attached hydrogen (secondary N) is 3. The molecule has 154 valence electrons. The highest BCUT2D eigenvalue weighted by atomic mass is 16.5. The quantitative estimate of drug-likeness (QED) is 0.601. The number of hydrogen-bond donors (Lipinski definition) is 3. The van der Waals surface area contributed by atoms with Gasteiger partial charge in [0.15, 0.2) is 5.82 Å². The molecule has 0 spiro atoms. The lowest BCUT2D eigenvalue weighted by atomic mass is 10.1. The first-order valence-corrected chi connectivity index (χ1v) is 9.46. The molecule has 1 aromatic heterocycles. The highest BCUT2D eigenvalue weighted by Crippen LogP contribution is 2.32. The summed E-state index contributed by atoms with van der Waals surface area (Å²) in [6, 6.07) is 12.5. The van der Waals surface area contributed by atoms with Crippen LogP contribution in [0.3, 0.4) is 0 Å². The van der Waals surface area contributed by atoms with Crippen LogP contribution >= 0.6 is 0 Å². The number of hydrogen-bond acceptors (Lipinski definition) is 5. The minimum Gasteiger partial charge on any atom is -0.495 e. The topological polar surface area (TPSA) is 116 Å². The molecule has 1 saturated heterocycles. The minimum atomic E-state index is -0.540. The average molecular weight is 407 g/mol. The highest BCUT2D eigenvalue weighted by Gasteiger charge is 2.37. The Morgan fingerprint density at radius 3 is 2.77 bits per heavy atom. The Hall–Kier alpha value is -3.88. The number of aromatic amines is 1. The molecule has 1 atom stereocenters. The fourth-order valence-electron chi connectivity index (χ4n) is 3.56. The van der Waals surface area contributed by atoms with Gasteiger partial charge in [-0.05, 0) is 30.3 Å². The normalized spacial score (nSPS) is 16.0. The molecule has 0 radical (unpaired) electrons. The van der Waals surface area contributed by atoms with Gasteiger partial charge in [-0.3, -0.25) is 24.4 Å². The van der Waals surface area contributed by atoms with Crippen molar-refractivity contribution in [3.63, 3.8) is 0 Å². The van der Waals surface area contributed by atoms with Gasteiger partial charge in [-0.25, -0.2) is 0 Å². The van der Waals surface area contributed by atoms with Gasteiger partial charge < -0.3 is 15.4 Å². The molecule has 9 nitrogen and oxygen atoms in total. The van der Waals surface area contributed by atoms with E-state index in [1.807, 2.05) is 24.3 Å². The van der Waals surface area contributed by atoms with Crippen molar-refractivity contribution in [2.75, 3.05) is 29.2 Å². The Bertz CT molecular complexity index is 1140. The Balaban J connectivity index is 1.52. The van der Waals surface area contributed by atoms with Gasteiger partial charge in [0.2, 0.25) is 17.7 Å². The second-order valence-electron chi connectivity index (χ2n) is 7.08. The first-order chi connectivity index (χ1) is 14.5. The minimum absolute atomic E-state index is 0.0840. The molecule has 1 aliphatic heterocycles. The second kappa shape index (κ2) is 7.86. The van der Waals surface area contributed by atoms with Crippen molar-refractivity contribution in [2.24, 2.45) is 5.92 Å². The number of ether oxygens (including phenoxy) is 1. The molecule has 4 rings (SSSR count). The number of benzene rings is 2. The molecule has 0 bridgehead atoms. The van der Waals surface area contributed by atoms with Crippen LogP contribution < -0.4 is 20.3 Å². The van der Waals surface area contributed by atoms with Gasteiger partial charge in [-0.15, -0.1) is 0 Å². The third kappa shape index (κ3) is 3.69. The zero-order chi connectivity index (χ0) is 21.3. The zero-order valence-corrected chi connectivity index (χ0v) is 16.6. The van der Waals surface area contributed by atoms with E-state index in [1.54, 1.807) is 18.2 Å². The zero-order valence-electron chi connectivity index (χ0n) is 16.6. The lowest BCUT2D eigenvalue weighted by molar-refractivity contribution is -0.122. The van der Waals surface area contributed by atoms with E-state index in [0.717, 1.165) is 10.9 Å². The Kier molecular flexibility index (Phi) is 5.09. The van der Waals surface area contributed by atoms with Crippen molar-refractivity contribution in [3.05, 3.63) is 42.5 Å². The van der Waals surface area contributed by atoms with E-state index < -0.39 is 5.92 Å². The maximum absolute atomic E-state index is 12.9. The summed E-state index contributed by atoms with van der Waals surface area (Å²) in [6.07, 6.45) is 0.0840. The largest absolute Gasteiger partial charge is 0.495 e. The average Bonchev–Trinajstić information content (AvgIpc) is 3.31. The standard InChI is InChI=1S/C21H21N5O4/c1-12(27)22-14-7-8-18(30-2)17(10-14)23-21(29)13-9-19(28)26(11-13)20-15-5-3-4-6-16(15)24-25-20/h3-8,10,13H,9,11H2,1-2H3,(H,22,27)(H,23,29)(H,24,25)/t13-/m1/s1. The molecule has 3 amide bonds. The Morgan fingerprint density at radius 1 is 1.20 bits per heavy atom. The highest BCUT2D eigenvalue weighted by molar-refractivity contribution is 6.07. The SMILES string of the molecule is COc1ccc(NC(C)=O)cc1NC(=O)[C@@H]1CC(=O)N(c2n[nH]c3ccccc23)C1. The van der Waals surface area contributed by atoms with Gasteiger partial charge in [0.05, 0.1) is 24.2 Å². The van der Waals surface area contributed by atoms with Crippen LogP contribution in [-0.2, 0) is 14.4 Å². The first-order valence-electron chi connectivity index (χ1n) is 9.46. The summed E-state index contributed by atoms with van der Waals surface area (Å²) in [5.41, 5.74) is 1.78. The number of amides is 3. The van der Waals surface area contributed by atoms with Crippen molar-refractivity contribution in [1.82, 2.24) is 10.2 Å². The number of carbonyl (C=O) groups excluding carboxylic acids is 3. The summed E-state index contributed by atoms with van der Waals surface area (Å²) in [5.74, 6) is -0.244. The van der Waals surface area contributed by atoms with Gasteiger partial charge in [0, 0.05) is 31.0 Å². The number of carbonyl (C=O) groups is 3. The predicted octanol–water partition coefficient (Wildman–Crippen LogP) is 2.52. The number of para-hydroxylation sites is 1. The van der Waals surface area contributed by atoms with Crippen LogP contribution in [0.4, 0.5) is 17.2 Å². The molecule has 2 heterocycles. The van der Waals surface area contributed by atoms with Crippen molar-refractivity contribution in [3.8, 4) is 5.75 Å². The summed E-state index contributed by atoms with van der Waals surface area (Å²) in [6.45, 7) is 1.63. The maximum atomic E-state index is 12.9. The van der Waals surface area contributed by atoms with Gasteiger partial charge in [0.25, 0.3) is 0 Å². The number of methoxy groups -OCH3 is 1. The van der Waals surface area contributed by atoms with Crippen LogP contribution in [0.25, 0.3) is 10.9 Å². The van der Waals surface area contributed by atoms with E-state index in [9.17, 15) is 14.4 Å². The molecule has 9 heteroatoms. The fraction of sp³-hybridized carbons (Fsp3) is 0.238. The van der Waals surface area contributed by atoms with E-state index in [4.69, 9.17) is 4.74 Å². The molecular weight excluding hydrogens is 386 g/mol. The number of H-pyrrole nitrogens is 1. The lowest BCUT2D eigenvalue weighted by Gasteiger charge is -2.16. The van der Waals surface area contributed by atoms with Crippen LogP contribution in [0.5, 0.6) is 5.75 Å². The van der Waals surface area contributed by atoms with Crippen LogP contribution in [0, 0.1) is 5.92 Å². The third-order valence-corrected chi connectivity index (χ3v) is 4.98. The van der Waals surface area contributed by atoms with Crippen molar-refractivity contribution < 1.29 is 19.1 Å². The first kappa shape index (κ1) is 19.4. The molecule has 2 aromatic carbocycles. The molecule has 0 unspecified atom stereocenters. The third-order valence-electron chi connectivity index (χ3n) is 4.98. The van der Waals surface area contributed by atoms with Crippen LogP contribution in [0.1, 0.15) is 13.3 Å². The van der Waals surface area contributed by atoms with E-state index in [1.165, 1.54) is 18.9 Å². The molecule has 1 fully saturated rings. The molecule has 3 N–H and O–H groups in total. The maximum Gasteiger partial charge on any atom is 0.229 e. The van der Waals surface area contributed by atoms with Gasteiger partial charge in [-0.1, -0.05) is 12.1 Å². The number of nitrogens with zero attached hydrogens (tertiary/aromatic N) is 2. The molecule has 0 saturated carbocycles. The second-order valence-corrected chi connectivity index (χ2v) is 7.08. The van der Waals surface area contributed by atoms with E-state index in [0.29, 0.717) is 22.9 Å². The van der Waals surface area contributed by atoms with Crippen molar-refractivity contribution >= 4 is 45.8 Å².